The van der Waals surface area contributed by atoms with E-state index in [1.165, 1.54) is 0 Å². The van der Waals surface area contributed by atoms with Crippen LogP contribution in [0.3, 0.4) is 0 Å². The number of piperidine rings is 1. The lowest BCUT2D eigenvalue weighted by atomic mass is 9.98. The molecule has 0 aliphatic carbocycles. The maximum Gasteiger partial charge on any atom is 0.257 e. The Morgan fingerprint density at radius 2 is 1.74 bits per heavy atom. The van der Waals surface area contributed by atoms with Crippen LogP contribution in [0.1, 0.15) is 54.3 Å². The molecule has 2 amide bonds. The van der Waals surface area contributed by atoms with E-state index in [4.69, 9.17) is 17.0 Å². The number of nitrogens with zero attached hydrogens (tertiary/aromatic N) is 1. The maximum atomic E-state index is 12.6. The highest BCUT2D eigenvalue weighted by Gasteiger charge is 2.21. The van der Waals surface area contributed by atoms with Crippen molar-refractivity contribution in [3.63, 3.8) is 0 Å². The van der Waals surface area contributed by atoms with Gasteiger partial charge in [-0.15, -0.1) is 0 Å². The molecule has 0 radical (unpaired) electrons. The van der Waals surface area contributed by atoms with Crippen LogP contribution in [0.4, 0.5) is 5.69 Å². The van der Waals surface area contributed by atoms with Crippen molar-refractivity contribution in [3.8, 4) is 5.75 Å². The van der Waals surface area contributed by atoms with Crippen molar-refractivity contribution < 1.29 is 14.3 Å². The van der Waals surface area contributed by atoms with Gasteiger partial charge >= 0.3 is 0 Å². The quantitative estimate of drug-likeness (QED) is 0.673. The summed E-state index contributed by atoms with van der Waals surface area (Å²) >= 11 is 5.26. The summed E-state index contributed by atoms with van der Waals surface area (Å²) in [7, 11) is 0. The molecule has 7 heteroatoms. The van der Waals surface area contributed by atoms with Gasteiger partial charge in [0.1, 0.15) is 5.75 Å². The van der Waals surface area contributed by atoms with Crippen molar-refractivity contribution in [1.82, 2.24) is 10.2 Å². The Labute approximate surface area is 189 Å². The number of ether oxygens (including phenoxy) is 1. The smallest absolute Gasteiger partial charge is 0.257 e. The van der Waals surface area contributed by atoms with Crippen LogP contribution < -0.4 is 15.4 Å². The largest absolute Gasteiger partial charge is 0.491 e. The highest BCUT2D eigenvalue weighted by molar-refractivity contribution is 7.80. The summed E-state index contributed by atoms with van der Waals surface area (Å²) in [6, 6.07) is 14.1. The third-order valence-corrected chi connectivity index (χ3v) is 5.36. The third-order valence-electron chi connectivity index (χ3n) is 5.16. The van der Waals surface area contributed by atoms with Gasteiger partial charge in [0.15, 0.2) is 5.11 Å². The first-order valence-corrected chi connectivity index (χ1v) is 11.0. The Bertz CT molecular complexity index is 935. The highest BCUT2D eigenvalue weighted by Crippen LogP contribution is 2.19. The molecular formula is C24H29N3O3S. The zero-order valence-electron chi connectivity index (χ0n) is 18.2. The van der Waals surface area contributed by atoms with E-state index in [1.807, 2.05) is 18.7 Å². The monoisotopic (exact) mass is 439 g/mol. The molecule has 31 heavy (non-hydrogen) atoms. The minimum absolute atomic E-state index is 0.0226. The molecule has 2 aromatic rings. The molecule has 1 heterocycles. The summed E-state index contributed by atoms with van der Waals surface area (Å²) in [6.45, 7) is 7.69. The molecule has 1 aliphatic heterocycles. The van der Waals surface area contributed by atoms with Gasteiger partial charge in [0.25, 0.3) is 11.8 Å². The Balaban J connectivity index is 1.54. The van der Waals surface area contributed by atoms with Gasteiger partial charge in [0.2, 0.25) is 0 Å². The molecule has 0 saturated carbocycles. The van der Waals surface area contributed by atoms with Gasteiger partial charge in [-0.25, -0.2) is 0 Å². The van der Waals surface area contributed by atoms with Crippen molar-refractivity contribution in [1.29, 1.82) is 0 Å². The second-order valence-electron chi connectivity index (χ2n) is 8.15. The zero-order valence-corrected chi connectivity index (χ0v) is 19.0. The van der Waals surface area contributed by atoms with E-state index >= 15 is 0 Å². The molecule has 0 aromatic heterocycles. The van der Waals surface area contributed by atoms with Crippen molar-refractivity contribution in [3.05, 3.63) is 59.7 Å². The van der Waals surface area contributed by atoms with E-state index in [0.29, 0.717) is 28.5 Å². The molecule has 6 nitrogen and oxygen atoms in total. The fourth-order valence-electron chi connectivity index (χ4n) is 3.41. The topological polar surface area (TPSA) is 70.7 Å². The number of nitrogens with one attached hydrogen (secondary N) is 2. The second-order valence-corrected chi connectivity index (χ2v) is 8.56. The molecule has 1 fully saturated rings. The van der Waals surface area contributed by atoms with Crippen LogP contribution in [-0.4, -0.2) is 41.0 Å². The minimum atomic E-state index is -0.321. The van der Waals surface area contributed by atoms with Gasteiger partial charge in [-0.3, -0.25) is 14.9 Å². The number of hydrogen-bond donors (Lipinski definition) is 2. The van der Waals surface area contributed by atoms with Crippen LogP contribution in [0, 0.1) is 5.92 Å². The number of anilines is 1. The van der Waals surface area contributed by atoms with E-state index in [2.05, 4.69) is 17.6 Å². The summed E-state index contributed by atoms with van der Waals surface area (Å²) in [4.78, 5) is 27.0. The summed E-state index contributed by atoms with van der Waals surface area (Å²) in [5.41, 5.74) is 1.81. The molecule has 2 N–H and O–H groups in total. The van der Waals surface area contributed by atoms with Crippen LogP contribution >= 0.6 is 12.2 Å². The van der Waals surface area contributed by atoms with Gasteiger partial charge in [-0.05, 0) is 87.3 Å². The molecule has 0 unspecified atom stereocenters. The normalized spacial score (nSPS) is 14.3. The van der Waals surface area contributed by atoms with Crippen LogP contribution in [0.5, 0.6) is 5.75 Å². The summed E-state index contributed by atoms with van der Waals surface area (Å²) < 4.78 is 5.63. The fraction of sp³-hybridized carbons (Fsp3) is 0.375. The van der Waals surface area contributed by atoms with Gasteiger partial charge in [-0.2, -0.15) is 0 Å². The molecule has 1 aliphatic rings. The minimum Gasteiger partial charge on any atom is -0.491 e. The predicted molar refractivity (Wildman–Crippen MR) is 127 cm³/mol. The maximum absolute atomic E-state index is 12.6. The van der Waals surface area contributed by atoms with E-state index < -0.39 is 0 Å². The molecule has 3 rings (SSSR count). The van der Waals surface area contributed by atoms with E-state index in [-0.39, 0.29) is 23.0 Å². The first-order chi connectivity index (χ1) is 14.8. The molecule has 0 spiro atoms. The van der Waals surface area contributed by atoms with Crippen LogP contribution in [0.2, 0.25) is 0 Å². The van der Waals surface area contributed by atoms with Crippen molar-refractivity contribution in [2.75, 3.05) is 18.4 Å². The Kier molecular flexibility index (Phi) is 7.63. The summed E-state index contributed by atoms with van der Waals surface area (Å²) in [6.07, 6.45) is 2.12. The number of benzene rings is 2. The second kappa shape index (κ2) is 10.4. The summed E-state index contributed by atoms with van der Waals surface area (Å²) in [5.74, 6) is 1.04. The lowest BCUT2D eigenvalue weighted by Crippen LogP contribution is -2.37. The molecule has 0 bridgehead atoms. The van der Waals surface area contributed by atoms with Crippen molar-refractivity contribution in [2.24, 2.45) is 5.92 Å². The average Bonchev–Trinajstić information content (AvgIpc) is 2.74. The van der Waals surface area contributed by atoms with Crippen molar-refractivity contribution >= 4 is 34.8 Å². The molecule has 0 atom stereocenters. The van der Waals surface area contributed by atoms with E-state index in [0.717, 1.165) is 25.9 Å². The average molecular weight is 440 g/mol. The number of thiocarbonyl (C=S) groups is 1. The first-order valence-electron chi connectivity index (χ1n) is 10.6. The Hall–Kier alpha value is -2.93. The lowest BCUT2D eigenvalue weighted by molar-refractivity contribution is 0.0697. The Morgan fingerprint density at radius 3 is 2.39 bits per heavy atom. The van der Waals surface area contributed by atoms with E-state index in [9.17, 15) is 9.59 Å². The van der Waals surface area contributed by atoms with Gasteiger partial charge < -0.3 is 15.0 Å². The van der Waals surface area contributed by atoms with Crippen LogP contribution in [0.25, 0.3) is 0 Å². The molecular weight excluding hydrogens is 410 g/mol. The number of amides is 2. The highest BCUT2D eigenvalue weighted by atomic mass is 32.1. The first kappa shape index (κ1) is 22.7. The lowest BCUT2D eigenvalue weighted by Gasteiger charge is -2.30. The van der Waals surface area contributed by atoms with Gasteiger partial charge in [-0.1, -0.05) is 13.0 Å². The number of hydrogen-bond acceptors (Lipinski definition) is 4. The van der Waals surface area contributed by atoms with Crippen LogP contribution in [-0.2, 0) is 0 Å². The predicted octanol–water partition coefficient (Wildman–Crippen LogP) is 4.47. The number of rotatable bonds is 5. The zero-order chi connectivity index (χ0) is 22.4. The Morgan fingerprint density at radius 1 is 1.06 bits per heavy atom. The van der Waals surface area contributed by atoms with Gasteiger partial charge in [0.05, 0.1) is 6.10 Å². The standard InChI is InChI=1S/C24H29N3O3S/c1-16(2)30-21-6-4-5-19(15-21)22(28)26-24(31)25-20-9-7-18(8-10-20)23(29)27-13-11-17(3)12-14-27/h4-10,15-17H,11-14H2,1-3H3,(H2,25,26,28,31). The fourth-order valence-corrected chi connectivity index (χ4v) is 3.62. The SMILES string of the molecule is CC1CCN(C(=O)c2ccc(NC(=S)NC(=O)c3cccc(OC(C)C)c3)cc2)CC1. The number of carbonyl (C=O) groups is 2. The number of likely N-dealkylation sites (tertiary alicyclic amines) is 1. The molecule has 164 valence electrons. The van der Waals surface area contributed by atoms with Crippen LogP contribution in [0.15, 0.2) is 48.5 Å². The molecule has 1 saturated heterocycles. The van der Waals surface area contributed by atoms with Gasteiger partial charge in [0, 0.05) is 29.9 Å². The number of carbonyl (C=O) groups excluding carboxylic acids is 2. The molecule has 2 aromatic carbocycles. The van der Waals surface area contributed by atoms with Crippen molar-refractivity contribution in [2.45, 2.75) is 39.7 Å². The summed E-state index contributed by atoms with van der Waals surface area (Å²) in [5, 5.41) is 5.84. The third kappa shape index (κ3) is 6.52. The van der Waals surface area contributed by atoms with E-state index in [1.54, 1.807) is 48.5 Å².